The maximum Gasteiger partial charge on any atom is 0.309 e. The molecule has 0 radical (unpaired) electrons. The molecule has 5 aliphatic rings. The van der Waals surface area contributed by atoms with Crippen LogP contribution in [0.25, 0.3) is 6.08 Å². The molecule has 42 heavy (non-hydrogen) atoms. The van der Waals surface area contributed by atoms with Crippen molar-refractivity contribution in [2.45, 2.75) is 99.3 Å². The Balaban J connectivity index is 1.42. The Morgan fingerprint density at radius 3 is 2.33 bits per heavy atom. The summed E-state index contributed by atoms with van der Waals surface area (Å²) in [5.74, 6) is 2.23. The average molecular weight is 573 g/mol. The smallest absolute Gasteiger partial charge is 0.309 e. The molecule has 1 aromatic rings. The summed E-state index contributed by atoms with van der Waals surface area (Å²) in [6.45, 7) is 18.5. The van der Waals surface area contributed by atoms with Gasteiger partial charge in [0.15, 0.2) is 5.78 Å². The van der Waals surface area contributed by atoms with Crippen molar-refractivity contribution in [3.63, 3.8) is 0 Å². The molecule has 0 heterocycles. The zero-order chi connectivity index (χ0) is 30.5. The number of Topliss-reactive ketones (excluding diaryl/α,β-unsaturated/α-hetero) is 1. The van der Waals surface area contributed by atoms with Gasteiger partial charge in [0.25, 0.3) is 0 Å². The fourth-order valence-corrected chi connectivity index (χ4v) is 12.5. The summed E-state index contributed by atoms with van der Waals surface area (Å²) in [6, 6.07) is 8.01. The van der Waals surface area contributed by atoms with E-state index in [-0.39, 0.29) is 22.2 Å². The van der Waals surface area contributed by atoms with Crippen molar-refractivity contribution in [2.75, 3.05) is 7.11 Å². The number of carbonyl (C=O) groups excluding carboxylic acids is 1. The SMILES string of the molecule is C=C(C)[C@H]1CC[C@@]2(C(=O)O)CC[C@]3(C)[C@@H](CC[C@H]4[C@@]5(C)CC(=Cc6ccccc6OC)C(=O)C(C)(C)[C@@H]5CC[C@]43C)[C@H]12. The van der Waals surface area contributed by atoms with Gasteiger partial charge in [0, 0.05) is 11.0 Å². The lowest BCUT2D eigenvalue weighted by molar-refractivity contribution is -0.231. The van der Waals surface area contributed by atoms with Gasteiger partial charge in [-0.1, -0.05) is 65.0 Å². The predicted molar refractivity (Wildman–Crippen MR) is 168 cm³/mol. The molecule has 9 atom stereocenters. The van der Waals surface area contributed by atoms with Crippen LogP contribution in [0.1, 0.15) is 105 Å². The first kappa shape index (κ1) is 29.7. The van der Waals surface area contributed by atoms with E-state index in [1.54, 1.807) is 7.11 Å². The van der Waals surface area contributed by atoms with Crippen LogP contribution in [0.15, 0.2) is 42.0 Å². The number of hydrogen-bond acceptors (Lipinski definition) is 3. The lowest BCUT2D eigenvalue weighted by Gasteiger charge is -2.72. The first-order valence-electron chi connectivity index (χ1n) is 16.4. The van der Waals surface area contributed by atoms with Gasteiger partial charge < -0.3 is 9.84 Å². The maximum absolute atomic E-state index is 14.1. The van der Waals surface area contributed by atoms with Crippen LogP contribution in [0, 0.1) is 56.7 Å². The zero-order valence-corrected chi connectivity index (χ0v) is 27.0. The average Bonchev–Trinajstić information content (AvgIpc) is 3.34. The van der Waals surface area contributed by atoms with E-state index in [1.165, 1.54) is 5.57 Å². The van der Waals surface area contributed by atoms with Crippen LogP contribution in [0.4, 0.5) is 0 Å². The molecular formula is C38H52O4. The van der Waals surface area contributed by atoms with Crippen molar-refractivity contribution in [3.8, 4) is 5.75 Å². The highest BCUT2D eigenvalue weighted by Gasteiger charge is 2.72. The van der Waals surface area contributed by atoms with E-state index in [0.29, 0.717) is 29.5 Å². The molecule has 5 aliphatic carbocycles. The highest BCUT2D eigenvalue weighted by molar-refractivity contribution is 6.04. The molecule has 6 rings (SSSR count). The Morgan fingerprint density at radius 2 is 1.67 bits per heavy atom. The number of ether oxygens (including phenoxy) is 1. The summed E-state index contributed by atoms with van der Waals surface area (Å²) in [7, 11) is 1.69. The van der Waals surface area contributed by atoms with Gasteiger partial charge in [0.1, 0.15) is 5.75 Å². The third-order valence-corrected chi connectivity index (χ3v) is 14.5. The summed E-state index contributed by atoms with van der Waals surface area (Å²) < 4.78 is 5.66. The van der Waals surface area contributed by atoms with Crippen LogP contribution in [0.3, 0.4) is 0 Å². The number of para-hydroxylation sites is 1. The Labute approximate surface area is 253 Å². The number of ketones is 1. The van der Waals surface area contributed by atoms with E-state index < -0.39 is 16.8 Å². The minimum atomic E-state index is -0.595. The van der Waals surface area contributed by atoms with Crippen LogP contribution in [-0.2, 0) is 9.59 Å². The van der Waals surface area contributed by atoms with Gasteiger partial charge in [-0.15, -0.1) is 0 Å². The number of carboxylic acid groups (broad SMARTS) is 1. The second-order valence-corrected chi connectivity index (χ2v) is 16.3. The number of rotatable bonds is 4. The molecule has 0 spiro atoms. The number of benzene rings is 1. The molecule has 0 aliphatic heterocycles. The molecular weight excluding hydrogens is 520 g/mol. The van der Waals surface area contributed by atoms with E-state index in [1.807, 2.05) is 24.3 Å². The molecule has 0 aromatic heterocycles. The Hall–Kier alpha value is -2.36. The highest BCUT2D eigenvalue weighted by Crippen LogP contribution is 2.77. The fourth-order valence-electron chi connectivity index (χ4n) is 12.5. The topological polar surface area (TPSA) is 63.6 Å². The molecule has 0 saturated heterocycles. The molecule has 228 valence electrons. The van der Waals surface area contributed by atoms with Crippen LogP contribution in [0.2, 0.25) is 0 Å². The van der Waals surface area contributed by atoms with E-state index in [0.717, 1.165) is 74.7 Å². The molecule has 0 bridgehead atoms. The Bertz CT molecular complexity index is 1350. The van der Waals surface area contributed by atoms with Crippen molar-refractivity contribution in [1.29, 1.82) is 0 Å². The number of carboxylic acids is 1. The quantitative estimate of drug-likeness (QED) is 0.289. The van der Waals surface area contributed by atoms with Crippen molar-refractivity contribution >= 4 is 17.8 Å². The molecule has 0 unspecified atom stereocenters. The van der Waals surface area contributed by atoms with E-state index >= 15 is 0 Å². The second kappa shape index (κ2) is 9.57. The molecule has 5 fully saturated rings. The third-order valence-electron chi connectivity index (χ3n) is 14.5. The number of methoxy groups -OCH3 is 1. The van der Waals surface area contributed by atoms with Crippen LogP contribution in [-0.4, -0.2) is 24.0 Å². The summed E-state index contributed by atoms with van der Waals surface area (Å²) in [5, 5.41) is 10.7. The lowest BCUT2D eigenvalue weighted by Crippen LogP contribution is -2.67. The van der Waals surface area contributed by atoms with Crippen LogP contribution < -0.4 is 4.74 Å². The molecule has 4 heteroatoms. The van der Waals surface area contributed by atoms with Gasteiger partial charge in [-0.3, -0.25) is 9.59 Å². The summed E-state index contributed by atoms with van der Waals surface area (Å²) in [6.07, 6.45) is 10.8. The fraction of sp³-hybridized carbons (Fsp3) is 0.684. The number of allylic oxidation sites excluding steroid dienone is 2. The van der Waals surface area contributed by atoms with E-state index in [2.05, 4.69) is 54.2 Å². The van der Waals surface area contributed by atoms with Crippen molar-refractivity contribution in [2.24, 2.45) is 56.7 Å². The lowest BCUT2D eigenvalue weighted by atomic mass is 9.32. The van der Waals surface area contributed by atoms with Crippen LogP contribution >= 0.6 is 0 Å². The summed E-state index contributed by atoms with van der Waals surface area (Å²) >= 11 is 0. The minimum Gasteiger partial charge on any atom is -0.496 e. The highest BCUT2D eigenvalue weighted by atomic mass is 16.5. The molecule has 5 saturated carbocycles. The predicted octanol–water partition coefficient (Wildman–Crippen LogP) is 9.00. The van der Waals surface area contributed by atoms with Gasteiger partial charge >= 0.3 is 5.97 Å². The number of aliphatic carboxylic acids is 1. The van der Waals surface area contributed by atoms with Crippen LogP contribution in [0.5, 0.6) is 5.75 Å². The first-order chi connectivity index (χ1) is 19.7. The summed E-state index contributed by atoms with van der Waals surface area (Å²) in [5.41, 5.74) is 2.23. The molecule has 0 amide bonds. The monoisotopic (exact) mass is 572 g/mol. The normalized spacial score (nSPS) is 44.9. The minimum absolute atomic E-state index is 0.00297. The van der Waals surface area contributed by atoms with E-state index in [9.17, 15) is 14.7 Å². The number of hydrogen-bond donors (Lipinski definition) is 1. The number of fused-ring (bicyclic) bond motifs is 7. The summed E-state index contributed by atoms with van der Waals surface area (Å²) in [4.78, 5) is 27.1. The largest absolute Gasteiger partial charge is 0.496 e. The van der Waals surface area contributed by atoms with Gasteiger partial charge in [-0.2, -0.15) is 0 Å². The molecule has 1 aromatic carbocycles. The molecule has 4 nitrogen and oxygen atoms in total. The van der Waals surface area contributed by atoms with Gasteiger partial charge in [-0.25, -0.2) is 0 Å². The van der Waals surface area contributed by atoms with Crippen molar-refractivity contribution in [3.05, 3.63) is 47.6 Å². The second-order valence-electron chi connectivity index (χ2n) is 16.3. The van der Waals surface area contributed by atoms with Gasteiger partial charge in [0.2, 0.25) is 0 Å². The third kappa shape index (κ3) is 3.71. The van der Waals surface area contributed by atoms with Crippen molar-refractivity contribution in [1.82, 2.24) is 0 Å². The molecule has 1 N–H and O–H groups in total. The van der Waals surface area contributed by atoms with Gasteiger partial charge in [-0.05, 0) is 128 Å². The number of carbonyl (C=O) groups is 2. The van der Waals surface area contributed by atoms with Gasteiger partial charge in [0.05, 0.1) is 12.5 Å². The standard InChI is InChI=1S/C38H52O4/c1-23(2)26-15-18-38(33(40)41)20-19-36(6)27(31(26)38)13-14-30-35(5)22-25(21-24-11-9-10-12-28(24)42-8)32(39)34(3,4)29(35)16-17-37(30,36)7/h9-12,21,26-27,29-31H,1,13-20,22H2,2-8H3,(H,40,41)/t26-,27+,29+,30+,31+,35+,36-,37-,38-/m1/s1. The maximum atomic E-state index is 14.1. The van der Waals surface area contributed by atoms with E-state index in [4.69, 9.17) is 4.74 Å². The first-order valence-corrected chi connectivity index (χ1v) is 16.4. The Morgan fingerprint density at radius 1 is 0.952 bits per heavy atom. The van der Waals surface area contributed by atoms with Crippen molar-refractivity contribution < 1.29 is 19.4 Å². The Kier molecular flexibility index (Phi) is 6.77. The zero-order valence-electron chi connectivity index (χ0n) is 27.0.